The molecule has 3 N–H and O–H groups in total. The van der Waals surface area contributed by atoms with Gasteiger partial charge in [0.1, 0.15) is 11.5 Å². The molecule has 0 aliphatic carbocycles. The molecule has 0 aliphatic rings. The average molecular weight is 392 g/mol. The summed E-state index contributed by atoms with van der Waals surface area (Å²) in [7, 11) is -3.83. The zero-order chi connectivity index (χ0) is 19.9. The number of hydrogen-bond donors (Lipinski definition) is 2. The van der Waals surface area contributed by atoms with Crippen LogP contribution < -0.4 is 19.9 Å². The van der Waals surface area contributed by atoms with Crippen LogP contribution in [0.2, 0.25) is 0 Å². The van der Waals surface area contributed by atoms with Crippen molar-refractivity contribution in [3.05, 3.63) is 48.0 Å². The fourth-order valence-corrected chi connectivity index (χ4v) is 3.24. The lowest BCUT2D eigenvalue weighted by Crippen LogP contribution is -2.16. The van der Waals surface area contributed by atoms with Gasteiger partial charge in [-0.3, -0.25) is 4.79 Å². The minimum Gasteiger partial charge on any atom is -0.494 e. The third-order valence-electron chi connectivity index (χ3n) is 3.73. The van der Waals surface area contributed by atoms with Crippen LogP contribution in [0.1, 0.15) is 25.3 Å². The highest BCUT2D eigenvalue weighted by Crippen LogP contribution is 2.20. The van der Waals surface area contributed by atoms with Gasteiger partial charge in [0.25, 0.3) is 0 Å². The fourth-order valence-electron chi connectivity index (χ4n) is 2.43. The van der Waals surface area contributed by atoms with Crippen molar-refractivity contribution >= 4 is 21.6 Å². The highest BCUT2D eigenvalue weighted by molar-refractivity contribution is 7.89. The average Bonchev–Trinajstić information content (AvgIpc) is 2.61. The minimum absolute atomic E-state index is 0.000803. The lowest BCUT2D eigenvalue weighted by atomic mass is 10.2. The predicted octanol–water partition coefficient (Wildman–Crippen LogP) is 2.84. The van der Waals surface area contributed by atoms with Crippen LogP contribution in [0.15, 0.2) is 47.4 Å². The number of amides is 1. The highest BCUT2D eigenvalue weighted by atomic mass is 32.2. The molecule has 2 rings (SSSR count). The second-order valence-electron chi connectivity index (χ2n) is 5.93. The van der Waals surface area contributed by atoms with Crippen molar-refractivity contribution in [2.24, 2.45) is 5.14 Å². The number of benzene rings is 2. The van der Waals surface area contributed by atoms with Crippen molar-refractivity contribution in [2.45, 2.75) is 31.6 Å². The van der Waals surface area contributed by atoms with E-state index in [1.165, 1.54) is 6.07 Å². The molecule has 2 aromatic carbocycles. The Hall–Kier alpha value is -2.58. The zero-order valence-electron chi connectivity index (χ0n) is 15.4. The summed E-state index contributed by atoms with van der Waals surface area (Å²) >= 11 is 0. The van der Waals surface area contributed by atoms with Crippen LogP contribution in [0.5, 0.6) is 11.5 Å². The Labute approximate surface area is 159 Å². The maximum Gasteiger partial charge on any atom is 0.238 e. The van der Waals surface area contributed by atoms with Gasteiger partial charge in [-0.05, 0) is 62.2 Å². The Morgan fingerprint density at radius 2 is 1.70 bits per heavy atom. The Morgan fingerprint density at radius 1 is 1.07 bits per heavy atom. The number of sulfonamides is 1. The molecule has 0 atom stereocenters. The number of nitrogens with one attached hydrogen (secondary N) is 1. The molecular formula is C19H24N2O5S. The van der Waals surface area contributed by atoms with Crippen molar-refractivity contribution in [1.82, 2.24) is 0 Å². The van der Waals surface area contributed by atoms with Gasteiger partial charge < -0.3 is 14.8 Å². The molecule has 0 unspecified atom stereocenters. The zero-order valence-corrected chi connectivity index (χ0v) is 16.2. The summed E-state index contributed by atoms with van der Waals surface area (Å²) in [4.78, 5) is 12.0. The summed E-state index contributed by atoms with van der Waals surface area (Å²) in [6, 6.07) is 11.9. The van der Waals surface area contributed by atoms with E-state index < -0.39 is 10.0 Å². The molecule has 0 aromatic heterocycles. The number of carbonyl (C=O) groups is 1. The van der Waals surface area contributed by atoms with Gasteiger partial charge in [-0.2, -0.15) is 0 Å². The Bertz CT molecular complexity index is 879. The number of carbonyl (C=O) groups excluding carboxylic acids is 1. The van der Waals surface area contributed by atoms with Gasteiger partial charge in [0, 0.05) is 12.1 Å². The van der Waals surface area contributed by atoms with Crippen molar-refractivity contribution < 1.29 is 22.7 Å². The van der Waals surface area contributed by atoms with Crippen molar-refractivity contribution in [2.75, 3.05) is 18.5 Å². The van der Waals surface area contributed by atoms with Crippen molar-refractivity contribution in [3.8, 4) is 11.5 Å². The van der Waals surface area contributed by atoms with E-state index in [1.807, 2.05) is 31.2 Å². The lowest BCUT2D eigenvalue weighted by molar-refractivity contribution is -0.116. The molecule has 0 radical (unpaired) electrons. The van der Waals surface area contributed by atoms with Crippen LogP contribution >= 0.6 is 0 Å². The normalized spacial score (nSPS) is 11.1. The molecule has 27 heavy (non-hydrogen) atoms. The molecule has 146 valence electrons. The number of nitrogens with two attached hydrogens (primary N) is 1. The van der Waals surface area contributed by atoms with Gasteiger partial charge in [-0.1, -0.05) is 6.07 Å². The maximum atomic E-state index is 12.0. The first kappa shape index (κ1) is 20.7. The monoisotopic (exact) mass is 392 g/mol. The van der Waals surface area contributed by atoms with Crippen LogP contribution in [0.3, 0.4) is 0 Å². The molecule has 0 heterocycles. The van der Waals surface area contributed by atoms with Crippen molar-refractivity contribution in [3.63, 3.8) is 0 Å². The first-order chi connectivity index (χ1) is 12.8. The van der Waals surface area contributed by atoms with E-state index in [0.29, 0.717) is 36.6 Å². The van der Waals surface area contributed by atoms with Gasteiger partial charge >= 0.3 is 0 Å². The smallest absolute Gasteiger partial charge is 0.238 e. The first-order valence-corrected chi connectivity index (χ1v) is 10.1. The maximum absolute atomic E-state index is 12.0. The molecule has 2 aromatic rings. The SMILES string of the molecule is CCOc1ccc(OCCCC(=O)Nc2ccc(C)c(S(N)(=O)=O)c2)cc1. The number of hydrogen-bond acceptors (Lipinski definition) is 5. The molecule has 8 heteroatoms. The summed E-state index contributed by atoms with van der Waals surface area (Å²) in [6.07, 6.45) is 0.766. The van der Waals surface area contributed by atoms with Crippen molar-refractivity contribution in [1.29, 1.82) is 0 Å². The summed E-state index contributed by atoms with van der Waals surface area (Å²) in [6.45, 7) is 4.55. The van der Waals surface area contributed by atoms with E-state index in [4.69, 9.17) is 14.6 Å². The second-order valence-corrected chi connectivity index (χ2v) is 7.46. The first-order valence-electron chi connectivity index (χ1n) is 8.58. The predicted molar refractivity (Wildman–Crippen MR) is 104 cm³/mol. The van der Waals surface area contributed by atoms with E-state index in [9.17, 15) is 13.2 Å². The van der Waals surface area contributed by atoms with Gasteiger partial charge in [0.2, 0.25) is 15.9 Å². The summed E-state index contributed by atoms with van der Waals surface area (Å²) in [5.74, 6) is 1.26. The number of rotatable bonds is 9. The van der Waals surface area contributed by atoms with E-state index >= 15 is 0 Å². The van der Waals surface area contributed by atoms with Crippen LogP contribution in [-0.4, -0.2) is 27.5 Å². The molecule has 1 amide bonds. The Kier molecular flexibility index (Phi) is 7.20. The largest absolute Gasteiger partial charge is 0.494 e. The van der Waals surface area contributed by atoms with Crippen LogP contribution in [0.4, 0.5) is 5.69 Å². The van der Waals surface area contributed by atoms with Gasteiger partial charge in [-0.15, -0.1) is 0 Å². The highest BCUT2D eigenvalue weighted by Gasteiger charge is 2.13. The van der Waals surface area contributed by atoms with Gasteiger partial charge in [-0.25, -0.2) is 13.6 Å². The summed E-state index contributed by atoms with van der Waals surface area (Å²) in [5, 5.41) is 7.84. The third kappa shape index (κ3) is 6.58. The molecule has 0 fully saturated rings. The number of ether oxygens (including phenoxy) is 2. The third-order valence-corrected chi connectivity index (χ3v) is 4.78. The quantitative estimate of drug-likeness (QED) is 0.638. The Morgan fingerprint density at radius 3 is 2.30 bits per heavy atom. The van der Waals surface area contributed by atoms with E-state index in [-0.39, 0.29) is 17.2 Å². The molecule has 0 spiro atoms. The molecule has 7 nitrogen and oxygen atoms in total. The van der Waals surface area contributed by atoms with E-state index in [2.05, 4.69) is 5.32 Å². The van der Waals surface area contributed by atoms with E-state index in [0.717, 1.165) is 5.75 Å². The second kappa shape index (κ2) is 9.38. The Balaban J connectivity index is 1.79. The van der Waals surface area contributed by atoms with Crippen LogP contribution in [0.25, 0.3) is 0 Å². The minimum atomic E-state index is -3.83. The summed E-state index contributed by atoms with van der Waals surface area (Å²) in [5.41, 5.74) is 0.918. The number of aryl methyl sites for hydroxylation is 1. The topological polar surface area (TPSA) is 108 Å². The standard InChI is InChI=1S/C19H24N2O5S/c1-3-25-16-8-10-17(11-9-16)26-12-4-5-19(22)21-15-7-6-14(2)18(13-15)27(20,23)24/h6-11,13H,3-5,12H2,1-2H3,(H,21,22)(H2,20,23,24). The van der Waals surface area contributed by atoms with Crippen LogP contribution in [0, 0.1) is 6.92 Å². The van der Waals surface area contributed by atoms with Gasteiger partial charge in [0.05, 0.1) is 18.1 Å². The van der Waals surface area contributed by atoms with Crippen LogP contribution in [-0.2, 0) is 14.8 Å². The fraction of sp³-hybridized carbons (Fsp3) is 0.316. The lowest BCUT2D eigenvalue weighted by Gasteiger charge is -2.10. The molecular weight excluding hydrogens is 368 g/mol. The van der Waals surface area contributed by atoms with Gasteiger partial charge in [0.15, 0.2) is 0 Å². The van der Waals surface area contributed by atoms with E-state index in [1.54, 1.807) is 19.1 Å². The molecule has 0 saturated carbocycles. The molecule has 0 aliphatic heterocycles. The number of anilines is 1. The number of primary sulfonamides is 1. The molecule has 0 saturated heterocycles. The summed E-state index contributed by atoms with van der Waals surface area (Å²) < 4.78 is 34.0. The molecule has 0 bridgehead atoms.